The molecule has 0 unspecified atom stereocenters. The van der Waals surface area contributed by atoms with Crippen molar-refractivity contribution in [3.63, 3.8) is 0 Å². The fraction of sp³-hybridized carbons (Fsp3) is 0.0588. The monoisotopic (exact) mass is 330 g/mol. The zero-order valence-electron chi connectivity index (χ0n) is 12.3. The van der Waals surface area contributed by atoms with E-state index >= 15 is 0 Å². The molecule has 0 atom stereocenters. The van der Waals surface area contributed by atoms with Crippen molar-refractivity contribution < 1.29 is 23.5 Å². The average Bonchev–Trinajstić information content (AvgIpc) is 2.84. The lowest BCUT2D eigenvalue weighted by Crippen LogP contribution is -2.31. The van der Waals surface area contributed by atoms with Crippen molar-refractivity contribution in [3.8, 4) is 5.75 Å². The van der Waals surface area contributed by atoms with Gasteiger partial charge < -0.3 is 10.4 Å². The van der Waals surface area contributed by atoms with E-state index in [1.165, 1.54) is 0 Å². The van der Waals surface area contributed by atoms with Crippen LogP contribution in [0.3, 0.4) is 0 Å². The quantitative estimate of drug-likeness (QED) is 0.668. The number of carbonyl (C=O) groups excluding carboxylic acids is 2. The fourth-order valence-electron chi connectivity index (χ4n) is 2.29. The number of hydrogen-bond acceptors (Lipinski definition) is 4. The lowest BCUT2D eigenvalue weighted by Gasteiger charge is -2.15. The Morgan fingerprint density at radius 3 is 2.42 bits per heavy atom. The van der Waals surface area contributed by atoms with Crippen LogP contribution in [-0.4, -0.2) is 21.8 Å². The number of phenols is 1. The zero-order valence-corrected chi connectivity index (χ0v) is 12.3. The van der Waals surface area contributed by atoms with E-state index in [0.29, 0.717) is 0 Å². The van der Waals surface area contributed by atoms with Crippen LogP contribution in [0.2, 0.25) is 0 Å². The predicted octanol–water partition coefficient (Wildman–Crippen LogP) is 2.54. The number of anilines is 1. The van der Waals surface area contributed by atoms with Crippen LogP contribution in [0.4, 0.5) is 14.5 Å². The molecule has 122 valence electrons. The summed E-state index contributed by atoms with van der Waals surface area (Å²) in [6.45, 7) is 0.0760. The number of carbonyl (C=O) groups is 2. The summed E-state index contributed by atoms with van der Waals surface area (Å²) in [6.07, 6.45) is 1.02. The molecular weight excluding hydrogens is 318 g/mol. The molecule has 24 heavy (non-hydrogen) atoms. The lowest BCUT2D eigenvalue weighted by molar-refractivity contribution is -0.137. The third-order valence-corrected chi connectivity index (χ3v) is 3.52. The van der Waals surface area contributed by atoms with Gasteiger partial charge in [-0.1, -0.05) is 30.3 Å². The minimum Gasteiger partial charge on any atom is -0.505 e. The number of hydrogen-bond donors (Lipinski definition) is 2. The van der Waals surface area contributed by atoms with Crippen molar-refractivity contribution in [1.82, 2.24) is 4.90 Å². The van der Waals surface area contributed by atoms with Crippen molar-refractivity contribution >= 4 is 17.5 Å². The highest BCUT2D eigenvalue weighted by Gasteiger charge is 2.31. The maximum atomic E-state index is 13.7. The first kappa shape index (κ1) is 15.7. The van der Waals surface area contributed by atoms with E-state index in [1.54, 1.807) is 24.3 Å². The van der Waals surface area contributed by atoms with E-state index in [2.05, 4.69) is 5.32 Å². The van der Waals surface area contributed by atoms with Crippen LogP contribution in [-0.2, 0) is 16.1 Å². The average molecular weight is 330 g/mol. The van der Waals surface area contributed by atoms with Gasteiger partial charge in [-0.3, -0.25) is 14.5 Å². The number of aromatic hydroxyl groups is 1. The van der Waals surface area contributed by atoms with E-state index in [0.717, 1.165) is 28.7 Å². The number of imide groups is 1. The summed E-state index contributed by atoms with van der Waals surface area (Å²) < 4.78 is 27.1. The van der Waals surface area contributed by atoms with Crippen LogP contribution >= 0.6 is 0 Å². The largest absolute Gasteiger partial charge is 0.505 e. The molecule has 1 aliphatic rings. The van der Waals surface area contributed by atoms with Gasteiger partial charge in [-0.25, -0.2) is 4.39 Å². The number of nitrogens with zero attached hydrogens (tertiary/aromatic N) is 1. The predicted molar refractivity (Wildman–Crippen MR) is 81.7 cm³/mol. The standard InChI is InChI=1S/C17H12F2N2O3/c18-15-11(6-7-13(22)16(15)19)20-12-8-14(23)21(17(12)24)9-10-4-2-1-3-5-10/h1-8,20,22H,9H2. The molecule has 0 fully saturated rings. The Labute approximate surface area is 135 Å². The molecule has 0 spiro atoms. The summed E-state index contributed by atoms with van der Waals surface area (Å²) in [5, 5.41) is 11.5. The number of nitrogens with one attached hydrogen (secondary N) is 1. The summed E-state index contributed by atoms with van der Waals surface area (Å²) in [5.41, 5.74) is 0.245. The molecule has 0 radical (unpaired) electrons. The maximum Gasteiger partial charge on any atom is 0.277 e. The van der Waals surface area contributed by atoms with Gasteiger partial charge in [0.2, 0.25) is 5.82 Å². The van der Waals surface area contributed by atoms with Crippen molar-refractivity contribution in [2.24, 2.45) is 0 Å². The van der Waals surface area contributed by atoms with Crippen LogP contribution in [0.5, 0.6) is 5.75 Å². The van der Waals surface area contributed by atoms with Gasteiger partial charge in [-0.15, -0.1) is 0 Å². The van der Waals surface area contributed by atoms with Crippen molar-refractivity contribution in [3.05, 3.63) is 71.4 Å². The Morgan fingerprint density at radius 1 is 1.00 bits per heavy atom. The van der Waals surface area contributed by atoms with Gasteiger partial charge in [0.25, 0.3) is 11.8 Å². The Bertz CT molecular complexity index is 850. The summed E-state index contributed by atoms with van der Waals surface area (Å²) in [7, 11) is 0. The number of amides is 2. The molecular formula is C17H12F2N2O3. The van der Waals surface area contributed by atoms with E-state index in [4.69, 9.17) is 5.11 Å². The molecule has 5 nitrogen and oxygen atoms in total. The minimum atomic E-state index is -1.43. The Kier molecular flexibility index (Phi) is 3.99. The molecule has 2 aromatic rings. The van der Waals surface area contributed by atoms with Gasteiger partial charge in [0, 0.05) is 6.08 Å². The summed E-state index contributed by atoms with van der Waals surface area (Å²) >= 11 is 0. The second-order valence-corrected chi connectivity index (χ2v) is 5.16. The van der Waals surface area contributed by atoms with Gasteiger partial charge in [0.05, 0.1) is 12.2 Å². The highest BCUT2D eigenvalue weighted by Crippen LogP contribution is 2.27. The van der Waals surface area contributed by atoms with Gasteiger partial charge in [0.15, 0.2) is 11.6 Å². The molecule has 2 N–H and O–H groups in total. The van der Waals surface area contributed by atoms with Crippen molar-refractivity contribution in [2.45, 2.75) is 6.54 Å². The number of phenolic OH excluding ortho intramolecular Hbond substituents is 1. The smallest absolute Gasteiger partial charge is 0.277 e. The topological polar surface area (TPSA) is 69.6 Å². The summed E-state index contributed by atoms with van der Waals surface area (Å²) in [5.74, 6) is -4.80. The van der Waals surface area contributed by atoms with Crippen LogP contribution in [0.15, 0.2) is 54.2 Å². The highest BCUT2D eigenvalue weighted by molar-refractivity contribution is 6.17. The molecule has 3 rings (SSSR count). The molecule has 0 aromatic heterocycles. The molecule has 0 aliphatic carbocycles. The van der Waals surface area contributed by atoms with Crippen LogP contribution in [0.25, 0.3) is 0 Å². The molecule has 7 heteroatoms. The third-order valence-electron chi connectivity index (χ3n) is 3.52. The van der Waals surface area contributed by atoms with E-state index < -0.39 is 29.2 Å². The molecule has 0 bridgehead atoms. The Morgan fingerprint density at radius 2 is 1.71 bits per heavy atom. The first-order valence-corrected chi connectivity index (χ1v) is 7.03. The van der Waals surface area contributed by atoms with Gasteiger partial charge >= 0.3 is 0 Å². The summed E-state index contributed by atoms with van der Waals surface area (Å²) in [4.78, 5) is 25.3. The third kappa shape index (κ3) is 2.83. The maximum absolute atomic E-state index is 13.7. The van der Waals surface area contributed by atoms with E-state index in [-0.39, 0.29) is 17.9 Å². The first-order chi connectivity index (χ1) is 11.5. The molecule has 0 saturated carbocycles. The second-order valence-electron chi connectivity index (χ2n) is 5.16. The molecule has 0 saturated heterocycles. The normalized spacial score (nSPS) is 14.1. The first-order valence-electron chi connectivity index (χ1n) is 7.03. The summed E-state index contributed by atoms with van der Waals surface area (Å²) in [6, 6.07) is 10.9. The molecule has 2 aromatic carbocycles. The van der Waals surface area contributed by atoms with Crippen LogP contribution in [0.1, 0.15) is 5.56 Å². The van der Waals surface area contributed by atoms with E-state index in [1.807, 2.05) is 6.07 Å². The van der Waals surface area contributed by atoms with Crippen molar-refractivity contribution in [2.75, 3.05) is 5.32 Å². The second kappa shape index (κ2) is 6.11. The van der Waals surface area contributed by atoms with Gasteiger partial charge in [-0.05, 0) is 17.7 Å². The Balaban J connectivity index is 1.79. The fourth-order valence-corrected chi connectivity index (χ4v) is 2.29. The lowest BCUT2D eigenvalue weighted by atomic mass is 10.2. The zero-order chi connectivity index (χ0) is 17.3. The molecule has 1 heterocycles. The van der Waals surface area contributed by atoms with Gasteiger partial charge in [0.1, 0.15) is 5.70 Å². The van der Waals surface area contributed by atoms with Crippen molar-refractivity contribution in [1.29, 1.82) is 0 Å². The Hall–Kier alpha value is -3.22. The van der Waals surface area contributed by atoms with Gasteiger partial charge in [-0.2, -0.15) is 4.39 Å². The number of benzene rings is 2. The highest BCUT2D eigenvalue weighted by atomic mass is 19.2. The molecule has 1 aliphatic heterocycles. The van der Waals surface area contributed by atoms with Crippen LogP contribution in [0, 0.1) is 11.6 Å². The van der Waals surface area contributed by atoms with E-state index in [9.17, 15) is 18.4 Å². The number of rotatable bonds is 4. The SMILES string of the molecule is O=C1C=C(Nc2ccc(O)c(F)c2F)C(=O)N1Cc1ccccc1. The minimum absolute atomic E-state index is 0.0760. The number of halogens is 2. The molecule has 2 amide bonds. The van der Waals surface area contributed by atoms with Crippen LogP contribution < -0.4 is 5.32 Å².